The highest BCUT2D eigenvalue weighted by Crippen LogP contribution is 2.37. The number of carboxylic acids is 1. The van der Waals surface area contributed by atoms with Crippen molar-refractivity contribution >= 4 is 12.1 Å². The Labute approximate surface area is 167 Å². The lowest BCUT2D eigenvalue weighted by Gasteiger charge is -2.37. The molecule has 0 unspecified atom stereocenters. The Bertz CT molecular complexity index is 684. The first-order valence-corrected chi connectivity index (χ1v) is 9.63. The smallest absolute Gasteiger partial charge is 0.410 e. The van der Waals surface area contributed by atoms with E-state index in [4.69, 9.17) is 9.47 Å². The van der Waals surface area contributed by atoms with Crippen LogP contribution >= 0.6 is 0 Å². The number of carboxylic acid groups (broad SMARTS) is 1. The Balaban J connectivity index is 2.10. The normalized spacial score (nSPS) is 17.5. The fourth-order valence-corrected chi connectivity index (χ4v) is 3.73. The highest BCUT2D eigenvalue weighted by atomic mass is 16.6. The van der Waals surface area contributed by atoms with E-state index in [2.05, 4.69) is 6.58 Å². The van der Waals surface area contributed by atoms with E-state index in [-0.39, 0.29) is 17.9 Å². The number of rotatable bonds is 6. The van der Waals surface area contributed by atoms with Gasteiger partial charge in [0.15, 0.2) is 0 Å². The summed E-state index contributed by atoms with van der Waals surface area (Å²) < 4.78 is 10.6. The number of likely N-dealkylation sites (tertiary alicyclic amines) is 1. The molecule has 154 valence electrons. The van der Waals surface area contributed by atoms with Crippen LogP contribution in [0, 0.1) is 11.8 Å². The van der Waals surface area contributed by atoms with Crippen LogP contribution in [0.5, 0.6) is 5.75 Å². The second-order valence-electron chi connectivity index (χ2n) is 8.21. The molecule has 28 heavy (non-hydrogen) atoms. The van der Waals surface area contributed by atoms with Crippen LogP contribution in [-0.4, -0.2) is 47.9 Å². The monoisotopic (exact) mass is 389 g/mol. The first-order chi connectivity index (χ1) is 13.2. The van der Waals surface area contributed by atoms with Gasteiger partial charge in [-0.15, -0.1) is 6.58 Å². The second-order valence-corrected chi connectivity index (χ2v) is 8.21. The molecule has 1 fully saturated rings. The third kappa shape index (κ3) is 5.50. The van der Waals surface area contributed by atoms with E-state index in [1.807, 2.05) is 20.8 Å². The third-order valence-corrected chi connectivity index (χ3v) is 5.13. The maximum Gasteiger partial charge on any atom is 0.410 e. The summed E-state index contributed by atoms with van der Waals surface area (Å²) in [6.07, 6.45) is 2.87. The molecule has 0 aliphatic carbocycles. The van der Waals surface area contributed by atoms with E-state index >= 15 is 0 Å². The van der Waals surface area contributed by atoms with Gasteiger partial charge in [-0.3, -0.25) is 4.79 Å². The molecule has 0 bridgehead atoms. The molecule has 6 heteroatoms. The number of piperidine rings is 1. The highest BCUT2D eigenvalue weighted by molar-refractivity contribution is 5.77. The van der Waals surface area contributed by atoms with E-state index < -0.39 is 17.5 Å². The van der Waals surface area contributed by atoms with Gasteiger partial charge in [0.05, 0.1) is 13.0 Å². The van der Waals surface area contributed by atoms with E-state index in [1.165, 1.54) is 0 Å². The van der Waals surface area contributed by atoms with Crippen LogP contribution in [0.15, 0.2) is 36.9 Å². The van der Waals surface area contributed by atoms with Crippen molar-refractivity contribution in [2.24, 2.45) is 11.8 Å². The number of hydrogen-bond donors (Lipinski definition) is 1. The largest absolute Gasteiger partial charge is 0.497 e. The molecule has 0 saturated carbocycles. The Morgan fingerprint density at radius 1 is 1.21 bits per heavy atom. The summed E-state index contributed by atoms with van der Waals surface area (Å²) in [6.45, 7) is 10.6. The van der Waals surface area contributed by atoms with Gasteiger partial charge in [0.25, 0.3) is 0 Å². The Morgan fingerprint density at radius 3 is 2.21 bits per heavy atom. The SMILES string of the molecule is C=C[C@@H](C1CCN(C(=O)OC(C)(C)C)CC1)[C@H](C(=O)O)c1ccc(OC)cc1. The van der Waals surface area contributed by atoms with Gasteiger partial charge in [-0.25, -0.2) is 4.79 Å². The molecule has 0 aromatic heterocycles. The van der Waals surface area contributed by atoms with Crippen molar-refractivity contribution in [3.05, 3.63) is 42.5 Å². The number of allylic oxidation sites excluding steroid dienone is 1. The first-order valence-electron chi connectivity index (χ1n) is 9.63. The number of aliphatic carboxylic acids is 1. The van der Waals surface area contributed by atoms with Crippen LogP contribution < -0.4 is 4.74 Å². The lowest BCUT2D eigenvalue weighted by atomic mass is 9.74. The molecule has 2 atom stereocenters. The summed E-state index contributed by atoms with van der Waals surface area (Å²) in [6, 6.07) is 7.14. The lowest BCUT2D eigenvalue weighted by molar-refractivity contribution is -0.140. The zero-order chi connectivity index (χ0) is 20.9. The van der Waals surface area contributed by atoms with Crippen LogP contribution in [-0.2, 0) is 9.53 Å². The highest BCUT2D eigenvalue weighted by Gasteiger charge is 2.36. The molecule has 1 aliphatic rings. The van der Waals surface area contributed by atoms with Crippen molar-refractivity contribution in [3.8, 4) is 5.75 Å². The number of hydrogen-bond acceptors (Lipinski definition) is 4. The van der Waals surface area contributed by atoms with Crippen molar-refractivity contribution in [1.82, 2.24) is 4.90 Å². The molecule has 1 heterocycles. The topological polar surface area (TPSA) is 76.1 Å². The number of carbonyl (C=O) groups is 2. The zero-order valence-corrected chi connectivity index (χ0v) is 17.2. The molecule has 1 aromatic rings. The van der Waals surface area contributed by atoms with Gasteiger partial charge in [-0.05, 0) is 63.1 Å². The molecule has 6 nitrogen and oxygen atoms in total. The summed E-state index contributed by atoms with van der Waals surface area (Å²) in [5.74, 6) is -0.939. The minimum atomic E-state index is -0.871. The molecule has 1 saturated heterocycles. The maximum absolute atomic E-state index is 12.3. The van der Waals surface area contributed by atoms with Gasteiger partial charge in [0, 0.05) is 13.1 Å². The van der Waals surface area contributed by atoms with E-state index in [1.54, 1.807) is 42.4 Å². The predicted octanol–water partition coefficient (Wildman–Crippen LogP) is 4.31. The Hall–Kier alpha value is -2.50. The average molecular weight is 389 g/mol. The minimum absolute atomic E-state index is 0.138. The number of benzene rings is 1. The van der Waals surface area contributed by atoms with Gasteiger partial charge in [-0.2, -0.15) is 0 Å². The van der Waals surface area contributed by atoms with Crippen LogP contribution in [0.2, 0.25) is 0 Å². The molecule has 0 spiro atoms. The van der Waals surface area contributed by atoms with Gasteiger partial charge in [0.1, 0.15) is 11.4 Å². The van der Waals surface area contributed by atoms with Gasteiger partial charge in [0.2, 0.25) is 0 Å². The zero-order valence-electron chi connectivity index (χ0n) is 17.2. The number of methoxy groups -OCH3 is 1. The van der Waals surface area contributed by atoms with Crippen LogP contribution in [0.3, 0.4) is 0 Å². The third-order valence-electron chi connectivity index (χ3n) is 5.13. The van der Waals surface area contributed by atoms with Crippen molar-refractivity contribution < 1.29 is 24.2 Å². The fourth-order valence-electron chi connectivity index (χ4n) is 3.73. The maximum atomic E-state index is 12.3. The Morgan fingerprint density at radius 2 is 1.79 bits per heavy atom. The van der Waals surface area contributed by atoms with Crippen molar-refractivity contribution in [1.29, 1.82) is 0 Å². The summed E-state index contributed by atoms with van der Waals surface area (Å²) in [7, 11) is 1.58. The molecule has 1 amide bonds. The molecular weight excluding hydrogens is 358 g/mol. The predicted molar refractivity (Wildman–Crippen MR) is 108 cm³/mol. The molecule has 1 aromatic carbocycles. The summed E-state index contributed by atoms with van der Waals surface area (Å²) in [4.78, 5) is 26.0. The minimum Gasteiger partial charge on any atom is -0.497 e. The van der Waals surface area contributed by atoms with Gasteiger partial charge in [-0.1, -0.05) is 18.2 Å². The summed E-state index contributed by atoms with van der Waals surface area (Å²) >= 11 is 0. The quantitative estimate of drug-likeness (QED) is 0.734. The number of carbonyl (C=O) groups excluding carboxylic acids is 1. The van der Waals surface area contributed by atoms with Crippen LogP contribution in [0.25, 0.3) is 0 Å². The van der Waals surface area contributed by atoms with E-state index in [9.17, 15) is 14.7 Å². The van der Waals surface area contributed by atoms with Crippen molar-refractivity contribution in [2.75, 3.05) is 20.2 Å². The molecule has 1 N–H and O–H groups in total. The average Bonchev–Trinajstić information content (AvgIpc) is 2.64. The van der Waals surface area contributed by atoms with Crippen LogP contribution in [0.4, 0.5) is 4.79 Å². The molecule has 2 rings (SSSR count). The standard InChI is InChI=1S/C22H31NO5/c1-6-18(19(20(24)25)16-7-9-17(27-5)10-8-16)15-11-13-23(14-12-15)21(26)28-22(2,3)4/h6-10,15,18-19H,1,11-14H2,2-5H3,(H,24,25)/t18-,19+/m0/s1. The Kier molecular flexibility index (Phi) is 7.11. The summed E-state index contributed by atoms with van der Waals surface area (Å²) in [5.41, 5.74) is 0.202. The lowest BCUT2D eigenvalue weighted by Crippen LogP contribution is -2.43. The van der Waals surface area contributed by atoms with Crippen molar-refractivity contribution in [2.45, 2.75) is 45.1 Å². The summed E-state index contributed by atoms with van der Waals surface area (Å²) in [5, 5.41) is 9.89. The van der Waals surface area contributed by atoms with Gasteiger partial charge >= 0.3 is 12.1 Å². The van der Waals surface area contributed by atoms with Crippen LogP contribution in [0.1, 0.15) is 45.1 Å². The van der Waals surface area contributed by atoms with E-state index in [0.717, 1.165) is 18.4 Å². The number of ether oxygens (including phenoxy) is 2. The fraction of sp³-hybridized carbons (Fsp3) is 0.545. The number of nitrogens with zero attached hydrogens (tertiary/aromatic N) is 1. The van der Waals surface area contributed by atoms with Crippen molar-refractivity contribution in [3.63, 3.8) is 0 Å². The van der Waals surface area contributed by atoms with E-state index in [0.29, 0.717) is 18.8 Å². The molecule has 1 aliphatic heterocycles. The molecular formula is C22H31NO5. The second kappa shape index (κ2) is 9.13. The first kappa shape index (κ1) is 21.8. The number of amides is 1. The van der Waals surface area contributed by atoms with Gasteiger partial charge < -0.3 is 19.5 Å². The molecule has 0 radical (unpaired) electrons.